The zero-order valence-electron chi connectivity index (χ0n) is 17.4. The second kappa shape index (κ2) is 8.65. The van der Waals surface area contributed by atoms with Crippen LogP contribution in [0, 0.1) is 19.7 Å². The van der Waals surface area contributed by atoms with E-state index in [-0.39, 0.29) is 0 Å². The Bertz CT molecular complexity index is 954. The Labute approximate surface area is 175 Å². The Morgan fingerprint density at radius 1 is 1.10 bits per heavy atom. The molecule has 1 atom stereocenters. The van der Waals surface area contributed by atoms with Crippen LogP contribution in [0.4, 0.5) is 14.9 Å². The molecule has 2 aromatic rings. The number of imide groups is 1. The van der Waals surface area contributed by atoms with Crippen molar-refractivity contribution >= 4 is 23.5 Å². The van der Waals surface area contributed by atoms with Gasteiger partial charge in [-0.05, 0) is 49.1 Å². The van der Waals surface area contributed by atoms with Gasteiger partial charge in [-0.15, -0.1) is 0 Å². The lowest BCUT2D eigenvalue weighted by atomic mass is 9.85. The molecule has 4 amide bonds. The first-order valence-corrected chi connectivity index (χ1v) is 10.0. The van der Waals surface area contributed by atoms with Gasteiger partial charge in [-0.3, -0.25) is 14.5 Å². The van der Waals surface area contributed by atoms with E-state index in [9.17, 15) is 18.8 Å². The molecule has 1 saturated heterocycles. The number of carbonyl (C=O) groups excluding carboxylic acids is 3. The van der Waals surface area contributed by atoms with Gasteiger partial charge in [0.2, 0.25) is 5.91 Å². The normalized spacial score (nSPS) is 18.5. The second-order valence-electron chi connectivity index (χ2n) is 7.65. The molecule has 3 rings (SSSR count). The molecule has 0 unspecified atom stereocenters. The maximum atomic E-state index is 13.4. The number of nitrogens with zero attached hydrogens (tertiary/aromatic N) is 1. The number of amides is 4. The molecule has 0 aliphatic carbocycles. The molecule has 0 spiro atoms. The zero-order chi connectivity index (χ0) is 21.9. The van der Waals surface area contributed by atoms with E-state index in [1.54, 1.807) is 0 Å². The number of rotatable bonds is 7. The van der Waals surface area contributed by atoms with Crippen molar-refractivity contribution in [3.63, 3.8) is 0 Å². The minimum atomic E-state index is -1.29. The highest BCUT2D eigenvalue weighted by atomic mass is 19.1. The first-order chi connectivity index (χ1) is 14.3. The van der Waals surface area contributed by atoms with E-state index in [0.29, 0.717) is 24.1 Å². The summed E-state index contributed by atoms with van der Waals surface area (Å²) in [5.74, 6) is -1.38. The zero-order valence-corrected chi connectivity index (χ0v) is 17.4. The molecule has 1 fully saturated rings. The van der Waals surface area contributed by atoms with Crippen molar-refractivity contribution in [3.8, 4) is 0 Å². The van der Waals surface area contributed by atoms with Crippen LogP contribution in [0.25, 0.3) is 0 Å². The first-order valence-electron chi connectivity index (χ1n) is 10.0. The van der Waals surface area contributed by atoms with E-state index in [1.165, 1.54) is 24.3 Å². The number of hydrogen-bond donors (Lipinski definition) is 2. The fraction of sp³-hybridized carbons (Fsp3) is 0.348. The number of aryl methyl sites for hydroxylation is 2. The number of halogens is 1. The van der Waals surface area contributed by atoms with Gasteiger partial charge in [-0.1, -0.05) is 50.1 Å². The second-order valence-corrected chi connectivity index (χ2v) is 7.65. The summed E-state index contributed by atoms with van der Waals surface area (Å²) in [4.78, 5) is 39.6. The molecule has 2 aromatic carbocycles. The average Bonchev–Trinajstić information content (AvgIpc) is 2.95. The third-order valence-corrected chi connectivity index (χ3v) is 5.47. The van der Waals surface area contributed by atoms with Gasteiger partial charge in [0.15, 0.2) is 0 Å². The van der Waals surface area contributed by atoms with Crippen LogP contribution >= 0.6 is 0 Å². The van der Waals surface area contributed by atoms with Gasteiger partial charge in [0, 0.05) is 5.69 Å². The van der Waals surface area contributed by atoms with E-state index in [1.807, 2.05) is 39.0 Å². The lowest BCUT2D eigenvalue weighted by Crippen LogP contribution is -2.44. The Morgan fingerprint density at radius 2 is 1.73 bits per heavy atom. The average molecular weight is 411 g/mol. The van der Waals surface area contributed by atoms with Crippen LogP contribution in [0.2, 0.25) is 0 Å². The molecule has 0 radical (unpaired) electrons. The number of para-hydroxylation sites is 1. The van der Waals surface area contributed by atoms with Gasteiger partial charge in [-0.2, -0.15) is 0 Å². The molecule has 0 aromatic heterocycles. The van der Waals surface area contributed by atoms with Crippen LogP contribution < -0.4 is 10.6 Å². The number of nitrogens with one attached hydrogen (secondary N) is 2. The van der Waals surface area contributed by atoms with Crippen molar-refractivity contribution in [2.45, 2.75) is 45.6 Å². The monoisotopic (exact) mass is 411 g/mol. The molecule has 7 heteroatoms. The topological polar surface area (TPSA) is 78.5 Å². The van der Waals surface area contributed by atoms with E-state index < -0.39 is 35.7 Å². The molecule has 30 heavy (non-hydrogen) atoms. The molecule has 1 aliphatic heterocycles. The maximum absolute atomic E-state index is 13.4. The van der Waals surface area contributed by atoms with E-state index in [4.69, 9.17) is 0 Å². The van der Waals surface area contributed by atoms with Crippen LogP contribution in [-0.4, -0.2) is 29.3 Å². The molecule has 158 valence electrons. The van der Waals surface area contributed by atoms with Gasteiger partial charge in [0.1, 0.15) is 17.9 Å². The first kappa shape index (κ1) is 21.5. The number of carbonyl (C=O) groups is 3. The van der Waals surface area contributed by atoms with Gasteiger partial charge in [0.05, 0.1) is 0 Å². The highest BCUT2D eigenvalue weighted by Crippen LogP contribution is 2.34. The van der Waals surface area contributed by atoms with Gasteiger partial charge in [0.25, 0.3) is 5.91 Å². The Morgan fingerprint density at radius 3 is 2.33 bits per heavy atom. The summed E-state index contributed by atoms with van der Waals surface area (Å²) in [5, 5.41) is 5.57. The molecule has 1 heterocycles. The lowest BCUT2D eigenvalue weighted by molar-refractivity contribution is -0.134. The predicted molar refractivity (Wildman–Crippen MR) is 112 cm³/mol. The molecule has 1 aliphatic rings. The number of anilines is 1. The molecule has 2 N–H and O–H groups in total. The largest absolute Gasteiger partial charge is 0.325 e. The van der Waals surface area contributed by atoms with E-state index in [0.717, 1.165) is 22.4 Å². The Kier molecular flexibility index (Phi) is 6.20. The minimum Gasteiger partial charge on any atom is -0.324 e. The molecule has 0 saturated carbocycles. The van der Waals surface area contributed by atoms with Crippen molar-refractivity contribution < 1.29 is 18.8 Å². The summed E-state index contributed by atoms with van der Waals surface area (Å²) in [6.07, 6.45) is 1.87. The van der Waals surface area contributed by atoms with Gasteiger partial charge in [-0.25, -0.2) is 9.18 Å². The van der Waals surface area contributed by atoms with Crippen LogP contribution in [0.1, 0.15) is 42.9 Å². The van der Waals surface area contributed by atoms with Crippen LogP contribution in [0.5, 0.6) is 0 Å². The van der Waals surface area contributed by atoms with Crippen LogP contribution in [0.3, 0.4) is 0 Å². The summed E-state index contributed by atoms with van der Waals surface area (Å²) in [6, 6.07) is 10.5. The molecular weight excluding hydrogens is 385 g/mol. The summed E-state index contributed by atoms with van der Waals surface area (Å²) >= 11 is 0. The quantitative estimate of drug-likeness (QED) is 0.676. The Balaban J connectivity index is 1.84. The third kappa shape index (κ3) is 4.06. The number of urea groups is 1. The van der Waals surface area contributed by atoms with Crippen LogP contribution in [0.15, 0.2) is 42.5 Å². The lowest BCUT2D eigenvalue weighted by Gasteiger charge is -2.27. The maximum Gasteiger partial charge on any atom is 0.325 e. The highest BCUT2D eigenvalue weighted by Gasteiger charge is 2.52. The van der Waals surface area contributed by atoms with Gasteiger partial charge < -0.3 is 10.6 Å². The van der Waals surface area contributed by atoms with E-state index >= 15 is 0 Å². The fourth-order valence-electron chi connectivity index (χ4n) is 3.79. The van der Waals surface area contributed by atoms with Gasteiger partial charge >= 0.3 is 6.03 Å². The molecular formula is C23H26FN3O3. The SMILES string of the molecule is CCCC[C@@]1(c2ccc(F)cc2)NC(=O)N(CC(=O)Nc2c(C)cccc2C)C1=O. The van der Waals surface area contributed by atoms with Crippen molar-refractivity contribution in [3.05, 3.63) is 65.0 Å². The van der Waals surface area contributed by atoms with E-state index in [2.05, 4.69) is 10.6 Å². The minimum absolute atomic E-state index is 0.370. The van der Waals surface area contributed by atoms with Crippen molar-refractivity contribution in [2.24, 2.45) is 0 Å². The standard InChI is InChI=1S/C23H26FN3O3/c1-4-5-13-23(17-9-11-18(24)12-10-17)21(29)27(22(30)26-23)14-19(28)25-20-15(2)7-6-8-16(20)3/h6-12H,4-5,13-14H2,1-3H3,(H,25,28)(H,26,30)/t23-/m0/s1. The number of benzene rings is 2. The summed E-state index contributed by atoms with van der Waals surface area (Å²) in [5.41, 5.74) is 1.67. The van der Waals surface area contributed by atoms with Crippen molar-refractivity contribution in [1.82, 2.24) is 10.2 Å². The Hall–Kier alpha value is -3.22. The third-order valence-electron chi connectivity index (χ3n) is 5.47. The molecule has 6 nitrogen and oxygen atoms in total. The van der Waals surface area contributed by atoms with Crippen molar-refractivity contribution in [1.29, 1.82) is 0 Å². The summed E-state index contributed by atoms with van der Waals surface area (Å²) in [7, 11) is 0. The predicted octanol–water partition coefficient (Wildman–Crippen LogP) is 4.02. The number of hydrogen-bond acceptors (Lipinski definition) is 3. The van der Waals surface area contributed by atoms with Crippen molar-refractivity contribution in [2.75, 3.05) is 11.9 Å². The highest BCUT2D eigenvalue weighted by molar-refractivity contribution is 6.10. The number of unbranched alkanes of at least 4 members (excludes halogenated alkanes) is 1. The smallest absolute Gasteiger partial charge is 0.324 e. The molecule has 0 bridgehead atoms. The van der Waals surface area contributed by atoms with Crippen LogP contribution in [-0.2, 0) is 15.1 Å². The summed E-state index contributed by atoms with van der Waals surface area (Å²) < 4.78 is 13.4. The fourth-order valence-corrected chi connectivity index (χ4v) is 3.79. The summed E-state index contributed by atoms with van der Waals surface area (Å²) in [6.45, 7) is 5.34.